The first kappa shape index (κ1) is 13.1. The highest BCUT2D eigenvalue weighted by atomic mass is 16.4. The molecule has 2 fully saturated rings. The van der Waals surface area contributed by atoms with Crippen molar-refractivity contribution in [1.29, 1.82) is 5.26 Å². The van der Waals surface area contributed by atoms with Crippen molar-refractivity contribution in [3.63, 3.8) is 0 Å². The molecule has 0 aromatic heterocycles. The number of rotatable bonds is 4. The van der Waals surface area contributed by atoms with E-state index >= 15 is 0 Å². The minimum atomic E-state index is -0.669. The maximum Gasteiger partial charge on any atom is 0.308 e. The zero-order valence-corrected chi connectivity index (χ0v) is 11.3. The van der Waals surface area contributed by atoms with Gasteiger partial charge in [-0.05, 0) is 36.3 Å². The highest BCUT2D eigenvalue weighted by Gasteiger charge is 2.45. The van der Waals surface area contributed by atoms with Gasteiger partial charge in [0.2, 0.25) is 0 Å². The molecule has 0 radical (unpaired) electrons. The first-order chi connectivity index (χ1) is 9.69. The molecular formula is C16H18N2O2. The van der Waals surface area contributed by atoms with Gasteiger partial charge >= 0.3 is 5.97 Å². The number of nitriles is 1. The normalized spacial score (nSPS) is 26.4. The quantitative estimate of drug-likeness (QED) is 0.910. The summed E-state index contributed by atoms with van der Waals surface area (Å²) in [4.78, 5) is 13.6. The maximum atomic E-state index is 11.4. The molecule has 1 heterocycles. The Morgan fingerprint density at radius 1 is 1.35 bits per heavy atom. The molecule has 1 saturated heterocycles. The standard InChI is InChI=1S/C16H18N2O2/c17-7-12-3-1-2-4-13(12)8-18-9-14(11-5-6-11)15(10-18)16(19)20/h1-4,11,14-15H,5-6,8-10H2,(H,19,20)/t14-,15+/m0/s1. The average Bonchev–Trinajstić information content (AvgIpc) is 3.20. The predicted octanol–water partition coefficient (Wildman–Crippen LogP) is 2.10. The molecule has 20 heavy (non-hydrogen) atoms. The SMILES string of the molecule is N#Cc1ccccc1CN1C[C@@H](C(=O)O)[C@H](C2CC2)C1. The number of benzene rings is 1. The lowest BCUT2D eigenvalue weighted by Gasteiger charge is -2.16. The molecule has 4 nitrogen and oxygen atoms in total. The van der Waals surface area contributed by atoms with Gasteiger partial charge in [0.15, 0.2) is 0 Å². The van der Waals surface area contributed by atoms with Crippen LogP contribution in [0, 0.1) is 29.1 Å². The summed E-state index contributed by atoms with van der Waals surface area (Å²) < 4.78 is 0. The fourth-order valence-electron chi connectivity index (χ4n) is 3.31. The van der Waals surface area contributed by atoms with Gasteiger partial charge in [-0.3, -0.25) is 9.69 Å². The van der Waals surface area contributed by atoms with Crippen molar-refractivity contribution in [3.05, 3.63) is 35.4 Å². The van der Waals surface area contributed by atoms with Crippen molar-refractivity contribution in [3.8, 4) is 6.07 Å². The van der Waals surface area contributed by atoms with E-state index in [0.717, 1.165) is 12.1 Å². The second-order valence-corrected chi connectivity index (χ2v) is 5.91. The van der Waals surface area contributed by atoms with Gasteiger partial charge in [-0.25, -0.2) is 0 Å². The van der Waals surface area contributed by atoms with E-state index in [9.17, 15) is 9.90 Å². The first-order valence-electron chi connectivity index (χ1n) is 7.12. The van der Waals surface area contributed by atoms with Crippen molar-refractivity contribution in [1.82, 2.24) is 4.90 Å². The molecule has 2 atom stereocenters. The molecule has 3 rings (SSSR count). The van der Waals surface area contributed by atoms with Crippen LogP contribution in [0.2, 0.25) is 0 Å². The van der Waals surface area contributed by atoms with Crippen LogP contribution in [0.4, 0.5) is 0 Å². The summed E-state index contributed by atoms with van der Waals surface area (Å²) in [5, 5.41) is 18.5. The van der Waals surface area contributed by atoms with Crippen LogP contribution < -0.4 is 0 Å². The molecular weight excluding hydrogens is 252 g/mol. The number of nitrogens with zero attached hydrogens (tertiary/aromatic N) is 2. The van der Waals surface area contributed by atoms with Crippen LogP contribution in [0.25, 0.3) is 0 Å². The lowest BCUT2D eigenvalue weighted by atomic mass is 9.92. The molecule has 4 heteroatoms. The van der Waals surface area contributed by atoms with E-state index in [-0.39, 0.29) is 5.92 Å². The van der Waals surface area contributed by atoms with Crippen molar-refractivity contribution in [2.75, 3.05) is 13.1 Å². The number of carbonyl (C=O) groups is 1. The van der Waals surface area contributed by atoms with Crippen molar-refractivity contribution < 1.29 is 9.90 Å². The molecule has 0 amide bonds. The van der Waals surface area contributed by atoms with Gasteiger partial charge in [0, 0.05) is 19.6 Å². The topological polar surface area (TPSA) is 64.3 Å². The Labute approximate surface area is 118 Å². The third kappa shape index (κ3) is 2.54. The minimum Gasteiger partial charge on any atom is -0.481 e. The van der Waals surface area contributed by atoms with E-state index in [4.69, 9.17) is 5.26 Å². The largest absolute Gasteiger partial charge is 0.481 e. The molecule has 1 saturated carbocycles. The van der Waals surface area contributed by atoms with Crippen molar-refractivity contribution in [2.24, 2.45) is 17.8 Å². The second-order valence-electron chi connectivity index (χ2n) is 5.91. The van der Waals surface area contributed by atoms with Crippen LogP contribution in [0.3, 0.4) is 0 Å². The van der Waals surface area contributed by atoms with E-state index in [0.29, 0.717) is 30.5 Å². The van der Waals surface area contributed by atoms with Gasteiger partial charge in [0.1, 0.15) is 0 Å². The summed E-state index contributed by atoms with van der Waals surface area (Å²) in [5.41, 5.74) is 1.69. The number of likely N-dealkylation sites (tertiary alicyclic amines) is 1. The fourth-order valence-corrected chi connectivity index (χ4v) is 3.31. The number of aliphatic carboxylic acids is 1. The summed E-state index contributed by atoms with van der Waals surface area (Å²) in [6, 6.07) is 9.77. The van der Waals surface area contributed by atoms with Gasteiger partial charge in [0.25, 0.3) is 0 Å². The number of hydrogen-bond acceptors (Lipinski definition) is 3. The van der Waals surface area contributed by atoms with Gasteiger partial charge < -0.3 is 5.11 Å². The van der Waals surface area contributed by atoms with Crippen LogP contribution in [-0.4, -0.2) is 29.1 Å². The van der Waals surface area contributed by atoms with E-state index in [1.165, 1.54) is 12.8 Å². The summed E-state index contributed by atoms with van der Waals surface area (Å²) in [6.45, 7) is 2.13. The summed E-state index contributed by atoms with van der Waals surface area (Å²) in [7, 11) is 0. The maximum absolute atomic E-state index is 11.4. The van der Waals surface area contributed by atoms with Crippen LogP contribution >= 0.6 is 0 Å². The van der Waals surface area contributed by atoms with Gasteiger partial charge in [0.05, 0.1) is 17.6 Å². The minimum absolute atomic E-state index is 0.239. The third-order valence-electron chi connectivity index (χ3n) is 4.52. The molecule has 1 aromatic rings. The summed E-state index contributed by atoms with van der Waals surface area (Å²) >= 11 is 0. The highest BCUT2D eigenvalue weighted by Crippen LogP contribution is 2.44. The fraction of sp³-hybridized carbons (Fsp3) is 0.500. The zero-order chi connectivity index (χ0) is 14.1. The average molecular weight is 270 g/mol. The molecule has 1 aromatic carbocycles. The Morgan fingerprint density at radius 2 is 2.10 bits per heavy atom. The Hall–Kier alpha value is -1.86. The van der Waals surface area contributed by atoms with Crippen molar-refractivity contribution >= 4 is 5.97 Å². The van der Waals surface area contributed by atoms with Gasteiger partial charge in [-0.1, -0.05) is 18.2 Å². The smallest absolute Gasteiger partial charge is 0.308 e. The molecule has 1 aliphatic heterocycles. The monoisotopic (exact) mass is 270 g/mol. The Kier molecular flexibility index (Phi) is 3.45. The molecule has 0 bridgehead atoms. The summed E-state index contributed by atoms with van der Waals surface area (Å²) in [6.07, 6.45) is 2.36. The second kappa shape index (κ2) is 5.26. The number of hydrogen-bond donors (Lipinski definition) is 1. The van der Waals surface area contributed by atoms with E-state index in [1.807, 2.05) is 24.3 Å². The van der Waals surface area contributed by atoms with E-state index in [1.54, 1.807) is 0 Å². The molecule has 2 aliphatic rings. The van der Waals surface area contributed by atoms with Crippen LogP contribution in [0.15, 0.2) is 24.3 Å². The van der Waals surface area contributed by atoms with Crippen LogP contribution in [0.1, 0.15) is 24.0 Å². The van der Waals surface area contributed by atoms with Gasteiger partial charge in [-0.15, -0.1) is 0 Å². The molecule has 0 unspecified atom stereocenters. The molecule has 104 valence electrons. The predicted molar refractivity (Wildman–Crippen MR) is 73.8 cm³/mol. The lowest BCUT2D eigenvalue weighted by molar-refractivity contribution is -0.142. The zero-order valence-electron chi connectivity index (χ0n) is 11.3. The molecule has 1 aliphatic carbocycles. The lowest BCUT2D eigenvalue weighted by Crippen LogP contribution is -2.24. The molecule has 1 N–H and O–H groups in total. The molecule has 0 spiro atoms. The number of carboxylic acid groups (broad SMARTS) is 1. The van der Waals surface area contributed by atoms with Gasteiger partial charge in [-0.2, -0.15) is 5.26 Å². The Balaban J connectivity index is 1.73. The van der Waals surface area contributed by atoms with Crippen molar-refractivity contribution in [2.45, 2.75) is 19.4 Å². The van der Waals surface area contributed by atoms with E-state index < -0.39 is 5.97 Å². The van der Waals surface area contributed by atoms with Crippen LogP contribution in [-0.2, 0) is 11.3 Å². The number of carboxylic acids is 1. The summed E-state index contributed by atoms with van der Waals surface area (Å²) in [5.74, 6) is -0.0104. The first-order valence-corrected chi connectivity index (χ1v) is 7.12. The van der Waals surface area contributed by atoms with Crippen LogP contribution in [0.5, 0.6) is 0 Å². The van der Waals surface area contributed by atoms with E-state index in [2.05, 4.69) is 11.0 Å². The third-order valence-corrected chi connectivity index (χ3v) is 4.52. The Morgan fingerprint density at radius 3 is 2.75 bits per heavy atom. The highest BCUT2D eigenvalue weighted by molar-refractivity contribution is 5.71. The Bertz CT molecular complexity index is 560.